The van der Waals surface area contributed by atoms with E-state index < -0.39 is 23.6 Å². The molecule has 1 heterocycles. The molecule has 4 amide bonds. The average molecular weight is 641 g/mol. The highest BCUT2D eigenvalue weighted by atomic mass is 79.9. The predicted octanol–water partition coefficient (Wildman–Crippen LogP) is 5.55. The Kier molecular flexibility index (Phi) is 10.0. The fourth-order valence-corrected chi connectivity index (χ4v) is 4.97. The van der Waals surface area contributed by atoms with Crippen molar-refractivity contribution < 1.29 is 33.4 Å². The summed E-state index contributed by atoms with van der Waals surface area (Å²) in [6.07, 6.45) is 1.53. The fourth-order valence-electron chi connectivity index (χ4n) is 3.70. The molecule has 0 spiro atoms. The molecule has 0 aliphatic carbocycles. The van der Waals surface area contributed by atoms with Gasteiger partial charge in [-0.15, -0.1) is 0 Å². The first-order chi connectivity index (χ1) is 19.8. The number of thioether (sulfide) groups is 1. The summed E-state index contributed by atoms with van der Waals surface area (Å²) in [6.45, 7) is 1.44. The molecule has 4 rings (SSSR count). The molecule has 3 aromatic rings. The topological polar surface area (TPSA) is 123 Å². The van der Waals surface area contributed by atoms with Gasteiger partial charge in [-0.2, -0.15) is 0 Å². The zero-order valence-corrected chi connectivity index (χ0v) is 24.5. The first-order valence-electron chi connectivity index (χ1n) is 12.4. The lowest BCUT2D eigenvalue weighted by Gasteiger charge is -2.14. The average Bonchev–Trinajstić information content (AvgIpc) is 3.22. The molecule has 12 heteroatoms. The predicted molar refractivity (Wildman–Crippen MR) is 160 cm³/mol. The van der Waals surface area contributed by atoms with Gasteiger partial charge in [0.15, 0.2) is 18.1 Å². The smallest absolute Gasteiger partial charge is 0.294 e. The van der Waals surface area contributed by atoms with Crippen LogP contribution in [0.2, 0.25) is 0 Å². The van der Waals surface area contributed by atoms with Crippen molar-refractivity contribution in [3.05, 3.63) is 81.7 Å². The van der Waals surface area contributed by atoms with Gasteiger partial charge in [0.25, 0.3) is 17.1 Å². The molecule has 0 radical (unpaired) electrons. The lowest BCUT2D eigenvalue weighted by molar-refractivity contribution is -0.127. The van der Waals surface area contributed by atoms with Crippen LogP contribution in [0.1, 0.15) is 12.5 Å². The van der Waals surface area contributed by atoms with Crippen molar-refractivity contribution >= 4 is 68.1 Å². The normalized spacial score (nSPS) is 13.7. The standard InChI is InChI=1S/C29H26BrN3O7S/c1-3-39-23-13-18(22(30)15-24(23)40-17-27(35)32-19-7-5-4-6-8-19)14-25-28(36)33(29(37)41-25)16-26(34)31-20-9-11-21(38-2)12-10-20/h4-15H,3,16-17H2,1-2H3,(H,31,34)(H,32,35)/b25-14+. The van der Waals surface area contributed by atoms with Crippen molar-refractivity contribution in [2.45, 2.75) is 6.92 Å². The van der Waals surface area contributed by atoms with E-state index in [4.69, 9.17) is 14.2 Å². The minimum absolute atomic E-state index is 0.145. The summed E-state index contributed by atoms with van der Waals surface area (Å²) in [4.78, 5) is 51.5. The Bertz CT molecular complexity index is 1480. The Hall–Kier alpha value is -4.29. The summed E-state index contributed by atoms with van der Waals surface area (Å²) < 4.78 is 17.1. The van der Waals surface area contributed by atoms with Crippen LogP contribution in [0.4, 0.5) is 16.2 Å². The van der Waals surface area contributed by atoms with E-state index in [0.29, 0.717) is 45.3 Å². The summed E-state index contributed by atoms with van der Waals surface area (Å²) in [6, 6.07) is 18.9. The summed E-state index contributed by atoms with van der Waals surface area (Å²) in [5.74, 6) is -0.145. The van der Waals surface area contributed by atoms with Gasteiger partial charge < -0.3 is 24.8 Å². The summed E-state index contributed by atoms with van der Waals surface area (Å²) >= 11 is 4.20. The van der Waals surface area contributed by atoms with Gasteiger partial charge in [0.2, 0.25) is 5.91 Å². The van der Waals surface area contributed by atoms with Crippen LogP contribution in [-0.2, 0) is 14.4 Å². The maximum Gasteiger partial charge on any atom is 0.294 e. The van der Waals surface area contributed by atoms with Crippen LogP contribution in [0.5, 0.6) is 17.2 Å². The minimum Gasteiger partial charge on any atom is -0.497 e. The quantitative estimate of drug-likeness (QED) is 0.262. The van der Waals surface area contributed by atoms with Gasteiger partial charge in [-0.1, -0.05) is 34.1 Å². The Balaban J connectivity index is 1.43. The second-order valence-electron chi connectivity index (χ2n) is 8.50. The van der Waals surface area contributed by atoms with Crippen molar-refractivity contribution in [1.82, 2.24) is 4.90 Å². The van der Waals surface area contributed by atoms with Gasteiger partial charge in [0.05, 0.1) is 18.6 Å². The zero-order chi connectivity index (χ0) is 29.4. The zero-order valence-electron chi connectivity index (χ0n) is 22.1. The van der Waals surface area contributed by atoms with Gasteiger partial charge in [0.1, 0.15) is 12.3 Å². The second kappa shape index (κ2) is 13.9. The molecular formula is C29H26BrN3O7S. The van der Waals surface area contributed by atoms with E-state index in [1.807, 2.05) is 18.2 Å². The fraction of sp³-hybridized carbons (Fsp3) is 0.172. The van der Waals surface area contributed by atoms with Gasteiger partial charge in [-0.3, -0.25) is 24.1 Å². The SMILES string of the molecule is CCOc1cc(/C=C2/SC(=O)N(CC(=O)Nc3ccc(OC)cc3)C2=O)c(Br)cc1OCC(=O)Nc1ccccc1. The number of carbonyl (C=O) groups excluding carboxylic acids is 4. The number of hydrogen-bond donors (Lipinski definition) is 2. The number of methoxy groups -OCH3 is 1. The Morgan fingerprint density at radius 1 is 0.927 bits per heavy atom. The van der Waals surface area contributed by atoms with Crippen molar-refractivity contribution in [3.63, 3.8) is 0 Å². The van der Waals surface area contributed by atoms with Crippen LogP contribution >= 0.6 is 27.7 Å². The molecule has 1 aliphatic rings. The molecule has 0 saturated carbocycles. The van der Waals surface area contributed by atoms with E-state index in [1.165, 1.54) is 13.2 Å². The van der Waals surface area contributed by atoms with E-state index in [0.717, 1.165) is 16.7 Å². The molecule has 1 fully saturated rings. The molecular weight excluding hydrogens is 614 g/mol. The molecule has 0 aromatic heterocycles. The number of benzene rings is 3. The van der Waals surface area contributed by atoms with Gasteiger partial charge in [-0.25, -0.2) is 0 Å². The lowest BCUT2D eigenvalue weighted by atomic mass is 10.1. The van der Waals surface area contributed by atoms with Crippen molar-refractivity contribution in [2.24, 2.45) is 0 Å². The molecule has 1 aliphatic heterocycles. The number of imide groups is 1. The van der Waals surface area contributed by atoms with Crippen LogP contribution in [0, 0.1) is 0 Å². The maximum atomic E-state index is 13.0. The largest absolute Gasteiger partial charge is 0.497 e. The third kappa shape index (κ3) is 7.89. The number of para-hydroxylation sites is 1. The van der Waals surface area contributed by atoms with Crippen molar-refractivity contribution in [2.75, 3.05) is 37.5 Å². The number of anilines is 2. The van der Waals surface area contributed by atoms with E-state index in [9.17, 15) is 19.2 Å². The highest BCUT2D eigenvalue weighted by Crippen LogP contribution is 2.38. The molecule has 0 bridgehead atoms. The highest BCUT2D eigenvalue weighted by molar-refractivity contribution is 9.10. The summed E-state index contributed by atoms with van der Waals surface area (Å²) in [5, 5.41) is 4.85. The minimum atomic E-state index is -0.590. The molecule has 212 valence electrons. The number of carbonyl (C=O) groups is 4. The van der Waals surface area contributed by atoms with E-state index in [1.54, 1.807) is 55.5 Å². The molecule has 3 aromatic carbocycles. The molecule has 2 N–H and O–H groups in total. The second-order valence-corrected chi connectivity index (χ2v) is 10.3. The van der Waals surface area contributed by atoms with Crippen LogP contribution in [-0.4, -0.2) is 54.7 Å². The van der Waals surface area contributed by atoms with Crippen molar-refractivity contribution in [3.8, 4) is 17.2 Å². The first-order valence-corrected chi connectivity index (χ1v) is 14.0. The number of rotatable bonds is 11. The molecule has 0 atom stereocenters. The summed E-state index contributed by atoms with van der Waals surface area (Å²) in [5.41, 5.74) is 1.70. The molecule has 10 nitrogen and oxygen atoms in total. The first kappa shape index (κ1) is 29.7. The number of hydrogen-bond acceptors (Lipinski definition) is 8. The number of amides is 4. The third-order valence-corrected chi connectivity index (χ3v) is 7.21. The molecule has 41 heavy (non-hydrogen) atoms. The monoisotopic (exact) mass is 639 g/mol. The number of halogens is 1. The van der Waals surface area contributed by atoms with Gasteiger partial charge >= 0.3 is 0 Å². The van der Waals surface area contributed by atoms with Gasteiger partial charge in [-0.05, 0) is 78.9 Å². The third-order valence-electron chi connectivity index (χ3n) is 5.61. The Labute approximate surface area is 249 Å². The van der Waals surface area contributed by atoms with E-state index in [2.05, 4.69) is 26.6 Å². The van der Waals surface area contributed by atoms with Crippen LogP contribution in [0.25, 0.3) is 6.08 Å². The van der Waals surface area contributed by atoms with Crippen LogP contribution < -0.4 is 24.8 Å². The Morgan fingerprint density at radius 3 is 2.27 bits per heavy atom. The lowest BCUT2D eigenvalue weighted by Crippen LogP contribution is -2.36. The number of nitrogens with one attached hydrogen (secondary N) is 2. The van der Waals surface area contributed by atoms with Gasteiger partial charge in [0, 0.05) is 15.8 Å². The van der Waals surface area contributed by atoms with Crippen molar-refractivity contribution in [1.29, 1.82) is 0 Å². The number of nitrogens with zero attached hydrogens (tertiary/aromatic N) is 1. The highest BCUT2D eigenvalue weighted by Gasteiger charge is 2.36. The van der Waals surface area contributed by atoms with E-state index >= 15 is 0 Å². The van der Waals surface area contributed by atoms with Crippen LogP contribution in [0.15, 0.2) is 76.1 Å². The Morgan fingerprint density at radius 2 is 1.59 bits per heavy atom. The molecule has 0 unspecified atom stereocenters. The molecule has 1 saturated heterocycles. The van der Waals surface area contributed by atoms with Crippen LogP contribution in [0.3, 0.4) is 0 Å². The number of ether oxygens (including phenoxy) is 3. The van der Waals surface area contributed by atoms with E-state index in [-0.39, 0.29) is 17.4 Å². The summed E-state index contributed by atoms with van der Waals surface area (Å²) in [7, 11) is 1.54. The maximum absolute atomic E-state index is 13.0.